The van der Waals surface area contributed by atoms with Crippen molar-refractivity contribution in [1.29, 1.82) is 5.26 Å². The molecular formula is C26H25Cl2N3O. The van der Waals surface area contributed by atoms with Crippen molar-refractivity contribution < 1.29 is 4.79 Å². The van der Waals surface area contributed by atoms with Crippen LogP contribution in [-0.2, 0) is 5.41 Å². The molecule has 6 heteroatoms. The molecule has 0 atom stereocenters. The van der Waals surface area contributed by atoms with E-state index in [1.807, 2.05) is 55.6 Å². The first-order chi connectivity index (χ1) is 15.3. The second kappa shape index (κ2) is 9.11. The van der Waals surface area contributed by atoms with Gasteiger partial charge in [-0.2, -0.15) is 5.26 Å². The van der Waals surface area contributed by atoms with E-state index in [0.717, 1.165) is 42.3 Å². The molecule has 0 saturated carbocycles. The van der Waals surface area contributed by atoms with Gasteiger partial charge in [0.1, 0.15) is 0 Å². The van der Waals surface area contributed by atoms with Gasteiger partial charge in [0.15, 0.2) is 0 Å². The second-order valence-electron chi connectivity index (χ2n) is 8.73. The number of benzene rings is 3. The standard InChI is InChI=1S/C26H25Cl2N3O/c1-30-11-9-26(10-12-30,20-7-8-23(27)24(28)15-20)17-31(2)25(32)22-14-18(16-29)13-19-5-3-4-6-21(19)22/h3-8,13-15H,9-12,17H2,1-2H3. The van der Waals surface area contributed by atoms with Gasteiger partial charge >= 0.3 is 0 Å². The summed E-state index contributed by atoms with van der Waals surface area (Å²) >= 11 is 12.5. The number of nitriles is 1. The lowest BCUT2D eigenvalue weighted by atomic mass is 9.72. The van der Waals surface area contributed by atoms with Crippen LogP contribution in [0.2, 0.25) is 10.0 Å². The number of likely N-dealkylation sites (N-methyl/N-ethyl adjacent to an activating group) is 1. The SMILES string of the molecule is CN1CCC(CN(C)C(=O)c2cc(C#N)cc3ccccc23)(c2ccc(Cl)c(Cl)c2)CC1. The molecule has 1 heterocycles. The van der Waals surface area contributed by atoms with Crippen LogP contribution in [0.15, 0.2) is 54.6 Å². The summed E-state index contributed by atoms with van der Waals surface area (Å²) in [5.74, 6) is -0.0864. The number of hydrogen-bond donors (Lipinski definition) is 0. The van der Waals surface area contributed by atoms with Gasteiger partial charge in [-0.3, -0.25) is 4.79 Å². The Hall–Kier alpha value is -2.58. The number of piperidine rings is 1. The van der Waals surface area contributed by atoms with Crippen molar-refractivity contribution in [1.82, 2.24) is 9.80 Å². The largest absolute Gasteiger partial charge is 0.341 e. The van der Waals surface area contributed by atoms with Crippen LogP contribution >= 0.6 is 23.2 Å². The van der Waals surface area contributed by atoms with Gasteiger partial charge in [-0.25, -0.2) is 0 Å². The first-order valence-electron chi connectivity index (χ1n) is 10.7. The van der Waals surface area contributed by atoms with E-state index in [2.05, 4.69) is 18.0 Å². The molecule has 1 saturated heterocycles. The normalized spacial score (nSPS) is 16.0. The summed E-state index contributed by atoms with van der Waals surface area (Å²) in [6.45, 7) is 2.44. The monoisotopic (exact) mass is 465 g/mol. The summed E-state index contributed by atoms with van der Waals surface area (Å²) in [5, 5.41) is 12.3. The van der Waals surface area contributed by atoms with E-state index in [0.29, 0.717) is 27.7 Å². The third-order valence-electron chi connectivity index (χ3n) is 6.58. The van der Waals surface area contributed by atoms with E-state index >= 15 is 0 Å². The Kier molecular flexibility index (Phi) is 6.44. The zero-order valence-corrected chi connectivity index (χ0v) is 19.7. The van der Waals surface area contributed by atoms with Gasteiger partial charge in [0.25, 0.3) is 5.91 Å². The number of carbonyl (C=O) groups is 1. The van der Waals surface area contributed by atoms with Crippen molar-refractivity contribution in [3.05, 3.63) is 81.3 Å². The molecule has 32 heavy (non-hydrogen) atoms. The van der Waals surface area contributed by atoms with Gasteiger partial charge in [-0.05, 0) is 73.6 Å². The van der Waals surface area contributed by atoms with Crippen molar-refractivity contribution in [3.63, 3.8) is 0 Å². The number of rotatable bonds is 4. The average Bonchev–Trinajstić information content (AvgIpc) is 2.81. The molecule has 4 nitrogen and oxygen atoms in total. The number of halogens is 2. The number of likely N-dealkylation sites (tertiary alicyclic amines) is 1. The van der Waals surface area contributed by atoms with Crippen LogP contribution in [0.1, 0.15) is 34.3 Å². The predicted octanol–water partition coefficient (Wildman–Crippen LogP) is 5.75. The minimum Gasteiger partial charge on any atom is -0.341 e. The van der Waals surface area contributed by atoms with Crippen LogP contribution in [0.5, 0.6) is 0 Å². The molecule has 1 aliphatic rings. The summed E-state index contributed by atoms with van der Waals surface area (Å²) < 4.78 is 0. The maximum atomic E-state index is 13.6. The molecule has 1 fully saturated rings. The quantitative estimate of drug-likeness (QED) is 0.492. The zero-order valence-electron chi connectivity index (χ0n) is 18.2. The lowest BCUT2D eigenvalue weighted by molar-refractivity contribution is 0.0715. The average molecular weight is 466 g/mol. The Morgan fingerprint density at radius 3 is 2.50 bits per heavy atom. The molecule has 1 aliphatic heterocycles. The van der Waals surface area contributed by atoms with Crippen LogP contribution in [0, 0.1) is 11.3 Å². The Balaban J connectivity index is 1.71. The van der Waals surface area contributed by atoms with Gasteiger partial charge in [-0.15, -0.1) is 0 Å². The first kappa shape index (κ1) is 22.6. The van der Waals surface area contributed by atoms with E-state index in [9.17, 15) is 10.1 Å². The highest BCUT2D eigenvalue weighted by molar-refractivity contribution is 6.42. The molecule has 3 aromatic rings. The lowest BCUT2D eigenvalue weighted by Gasteiger charge is -2.43. The van der Waals surface area contributed by atoms with Crippen LogP contribution in [-0.4, -0.2) is 49.4 Å². The Morgan fingerprint density at radius 1 is 1.09 bits per heavy atom. The molecule has 0 aromatic heterocycles. The number of fused-ring (bicyclic) bond motifs is 1. The molecule has 0 aliphatic carbocycles. The van der Waals surface area contributed by atoms with Gasteiger partial charge in [-0.1, -0.05) is 53.5 Å². The Bertz CT molecular complexity index is 1210. The summed E-state index contributed by atoms with van der Waals surface area (Å²) in [4.78, 5) is 17.7. The van der Waals surface area contributed by atoms with Crippen molar-refractivity contribution in [3.8, 4) is 6.07 Å². The number of carbonyl (C=O) groups excluding carboxylic acids is 1. The molecule has 164 valence electrons. The fourth-order valence-corrected chi connectivity index (χ4v) is 4.99. The van der Waals surface area contributed by atoms with Gasteiger partial charge in [0, 0.05) is 24.6 Å². The van der Waals surface area contributed by atoms with Crippen LogP contribution in [0.3, 0.4) is 0 Å². The minimum absolute atomic E-state index is 0.0864. The molecule has 0 unspecified atom stereocenters. The van der Waals surface area contributed by atoms with Gasteiger partial charge < -0.3 is 9.80 Å². The summed E-state index contributed by atoms with van der Waals surface area (Å²) in [6.07, 6.45) is 1.83. The molecule has 0 N–H and O–H groups in total. The Labute approximate surface area is 198 Å². The first-order valence-corrected chi connectivity index (χ1v) is 11.4. The molecule has 3 aromatic carbocycles. The smallest absolute Gasteiger partial charge is 0.254 e. The van der Waals surface area contributed by atoms with Crippen molar-refractivity contribution in [2.45, 2.75) is 18.3 Å². The Morgan fingerprint density at radius 2 is 1.81 bits per heavy atom. The van der Waals surface area contributed by atoms with E-state index < -0.39 is 0 Å². The van der Waals surface area contributed by atoms with Crippen molar-refractivity contribution in [2.75, 3.05) is 33.7 Å². The fraction of sp³-hybridized carbons (Fsp3) is 0.308. The molecule has 1 amide bonds. The molecule has 0 spiro atoms. The molecule has 4 rings (SSSR count). The summed E-state index contributed by atoms with van der Waals surface area (Å²) in [5.41, 5.74) is 1.93. The molecule has 0 bridgehead atoms. The van der Waals surface area contributed by atoms with E-state index in [4.69, 9.17) is 23.2 Å². The third kappa shape index (κ3) is 4.34. The van der Waals surface area contributed by atoms with Crippen molar-refractivity contribution >= 4 is 39.9 Å². The van der Waals surface area contributed by atoms with Crippen molar-refractivity contribution in [2.24, 2.45) is 0 Å². The third-order valence-corrected chi connectivity index (χ3v) is 7.32. The van der Waals surface area contributed by atoms with E-state index in [1.165, 1.54) is 0 Å². The topological polar surface area (TPSA) is 47.3 Å². The minimum atomic E-state index is -0.214. The second-order valence-corrected chi connectivity index (χ2v) is 9.54. The van der Waals surface area contributed by atoms with E-state index in [1.54, 1.807) is 11.0 Å². The molecular weight excluding hydrogens is 441 g/mol. The maximum Gasteiger partial charge on any atom is 0.254 e. The maximum absolute atomic E-state index is 13.6. The summed E-state index contributed by atoms with van der Waals surface area (Å²) in [7, 11) is 3.96. The number of amides is 1. The summed E-state index contributed by atoms with van der Waals surface area (Å²) in [6, 6.07) is 19.2. The highest BCUT2D eigenvalue weighted by Gasteiger charge is 2.38. The molecule has 0 radical (unpaired) electrons. The van der Waals surface area contributed by atoms with Crippen LogP contribution in [0.25, 0.3) is 10.8 Å². The van der Waals surface area contributed by atoms with Crippen LogP contribution in [0.4, 0.5) is 0 Å². The fourth-order valence-electron chi connectivity index (χ4n) is 4.69. The lowest BCUT2D eigenvalue weighted by Crippen LogP contribution is -2.48. The highest BCUT2D eigenvalue weighted by Crippen LogP contribution is 2.39. The van der Waals surface area contributed by atoms with Gasteiger partial charge in [0.2, 0.25) is 0 Å². The zero-order chi connectivity index (χ0) is 22.9. The predicted molar refractivity (Wildman–Crippen MR) is 130 cm³/mol. The van der Waals surface area contributed by atoms with Gasteiger partial charge in [0.05, 0.1) is 21.7 Å². The number of nitrogens with zero attached hydrogens (tertiary/aromatic N) is 3. The van der Waals surface area contributed by atoms with Crippen LogP contribution < -0.4 is 0 Å². The van der Waals surface area contributed by atoms with E-state index in [-0.39, 0.29) is 11.3 Å². The highest BCUT2D eigenvalue weighted by atomic mass is 35.5. The number of hydrogen-bond acceptors (Lipinski definition) is 3.